The summed E-state index contributed by atoms with van der Waals surface area (Å²) in [5, 5.41) is 3.11. The van der Waals surface area contributed by atoms with Crippen molar-refractivity contribution in [3.05, 3.63) is 67.1 Å². The van der Waals surface area contributed by atoms with E-state index in [1.54, 1.807) is 6.20 Å². The van der Waals surface area contributed by atoms with E-state index in [0.29, 0.717) is 0 Å². The molecule has 0 amide bonds. The number of hydrogen-bond donors (Lipinski definition) is 0. The maximum Gasteiger partial charge on any atom is 0.139 e. The molecule has 108 valence electrons. The monoisotopic (exact) mass is 297 g/mol. The lowest BCUT2D eigenvalue weighted by Gasteiger charge is -2.02. The molecule has 5 aromatic rings. The minimum atomic E-state index is 0.782. The highest BCUT2D eigenvalue weighted by Crippen LogP contribution is 2.30. The lowest BCUT2D eigenvalue weighted by atomic mass is 10.1. The molecule has 1 aromatic carbocycles. The van der Waals surface area contributed by atoms with Crippen molar-refractivity contribution in [3.63, 3.8) is 0 Å². The molecule has 0 aliphatic heterocycles. The SMILES string of the molecule is c1cnc2cc(-c3cc4oc5ccccc5c4cn3)ncc2c1. The fraction of sp³-hybridized carbons (Fsp3) is 0. The predicted molar refractivity (Wildman–Crippen MR) is 90.0 cm³/mol. The molecule has 4 nitrogen and oxygen atoms in total. The zero-order valence-electron chi connectivity index (χ0n) is 12.1. The van der Waals surface area contributed by atoms with E-state index >= 15 is 0 Å². The number of para-hydroxylation sites is 1. The van der Waals surface area contributed by atoms with E-state index in [0.717, 1.165) is 44.2 Å². The molecule has 0 bridgehead atoms. The van der Waals surface area contributed by atoms with Crippen LogP contribution in [0, 0.1) is 0 Å². The smallest absolute Gasteiger partial charge is 0.139 e. The molecular weight excluding hydrogens is 286 g/mol. The predicted octanol–water partition coefficient (Wildman–Crippen LogP) is 4.59. The molecule has 0 fully saturated rings. The van der Waals surface area contributed by atoms with E-state index in [-0.39, 0.29) is 0 Å². The normalized spacial score (nSPS) is 11.5. The van der Waals surface area contributed by atoms with Crippen molar-refractivity contribution in [1.29, 1.82) is 0 Å². The van der Waals surface area contributed by atoms with Crippen molar-refractivity contribution in [1.82, 2.24) is 15.0 Å². The standard InChI is InChI=1S/C19H11N3O/c1-2-6-18-13(5-1)14-11-22-17(9-19(14)23-18)16-8-15-12(10-21-16)4-3-7-20-15/h1-11H. The second-order valence-corrected chi connectivity index (χ2v) is 5.43. The average molecular weight is 297 g/mol. The molecule has 0 aliphatic rings. The number of hydrogen-bond acceptors (Lipinski definition) is 4. The summed E-state index contributed by atoms with van der Waals surface area (Å²) in [5.41, 5.74) is 4.17. The van der Waals surface area contributed by atoms with Crippen LogP contribution < -0.4 is 0 Å². The van der Waals surface area contributed by atoms with Gasteiger partial charge < -0.3 is 4.42 Å². The number of aromatic nitrogens is 3. The number of furan rings is 1. The Balaban J connectivity index is 1.73. The Morgan fingerprint density at radius 2 is 1.57 bits per heavy atom. The summed E-state index contributed by atoms with van der Waals surface area (Å²) in [6.45, 7) is 0. The molecular formula is C19H11N3O. The average Bonchev–Trinajstić information content (AvgIpc) is 2.99. The Morgan fingerprint density at radius 1 is 0.696 bits per heavy atom. The van der Waals surface area contributed by atoms with Gasteiger partial charge in [-0.05, 0) is 24.3 Å². The second-order valence-electron chi connectivity index (χ2n) is 5.43. The van der Waals surface area contributed by atoms with Gasteiger partial charge in [-0.15, -0.1) is 0 Å². The van der Waals surface area contributed by atoms with Crippen LogP contribution >= 0.6 is 0 Å². The molecule has 0 saturated carbocycles. The number of pyridine rings is 3. The largest absolute Gasteiger partial charge is 0.456 e. The Labute approximate surface area is 131 Å². The molecule has 0 radical (unpaired) electrons. The van der Waals surface area contributed by atoms with Gasteiger partial charge in [0.1, 0.15) is 11.2 Å². The van der Waals surface area contributed by atoms with Crippen molar-refractivity contribution in [2.75, 3.05) is 0 Å². The molecule has 0 aliphatic carbocycles. The maximum atomic E-state index is 5.92. The maximum absolute atomic E-state index is 5.92. The van der Waals surface area contributed by atoms with Gasteiger partial charge in [-0.3, -0.25) is 15.0 Å². The van der Waals surface area contributed by atoms with E-state index in [2.05, 4.69) is 15.0 Å². The fourth-order valence-electron chi connectivity index (χ4n) is 2.87. The van der Waals surface area contributed by atoms with Crippen LogP contribution in [-0.2, 0) is 0 Å². The third kappa shape index (κ3) is 1.89. The first-order chi connectivity index (χ1) is 11.4. The first kappa shape index (κ1) is 12.3. The van der Waals surface area contributed by atoms with Crippen molar-refractivity contribution >= 4 is 32.8 Å². The quantitative estimate of drug-likeness (QED) is 0.454. The van der Waals surface area contributed by atoms with E-state index in [1.165, 1.54) is 0 Å². The van der Waals surface area contributed by atoms with Gasteiger partial charge in [0.25, 0.3) is 0 Å². The molecule has 0 N–H and O–H groups in total. The van der Waals surface area contributed by atoms with Gasteiger partial charge in [-0.1, -0.05) is 18.2 Å². The molecule has 4 heteroatoms. The molecule has 0 saturated heterocycles. The van der Waals surface area contributed by atoms with Crippen molar-refractivity contribution in [2.45, 2.75) is 0 Å². The highest BCUT2D eigenvalue weighted by Gasteiger charge is 2.10. The zero-order chi connectivity index (χ0) is 15.2. The van der Waals surface area contributed by atoms with Crippen LogP contribution in [-0.4, -0.2) is 15.0 Å². The van der Waals surface area contributed by atoms with Crippen molar-refractivity contribution in [3.8, 4) is 11.4 Å². The number of fused-ring (bicyclic) bond motifs is 4. The Hall–Kier alpha value is -3.27. The minimum Gasteiger partial charge on any atom is -0.456 e. The van der Waals surface area contributed by atoms with Crippen LogP contribution in [0.15, 0.2) is 71.5 Å². The lowest BCUT2D eigenvalue weighted by Crippen LogP contribution is -1.88. The lowest BCUT2D eigenvalue weighted by molar-refractivity contribution is 0.668. The third-order valence-electron chi connectivity index (χ3n) is 4.01. The van der Waals surface area contributed by atoms with Crippen LogP contribution in [0.1, 0.15) is 0 Å². The molecule has 0 spiro atoms. The summed E-state index contributed by atoms with van der Waals surface area (Å²) in [7, 11) is 0. The Morgan fingerprint density at radius 3 is 2.57 bits per heavy atom. The fourth-order valence-corrected chi connectivity index (χ4v) is 2.87. The van der Waals surface area contributed by atoms with Crippen molar-refractivity contribution in [2.24, 2.45) is 0 Å². The Bertz CT molecular complexity index is 1180. The van der Waals surface area contributed by atoms with Gasteiger partial charge in [-0.2, -0.15) is 0 Å². The van der Waals surface area contributed by atoms with Gasteiger partial charge in [0.15, 0.2) is 0 Å². The first-order valence-electron chi connectivity index (χ1n) is 7.37. The third-order valence-corrected chi connectivity index (χ3v) is 4.01. The van der Waals surface area contributed by atoms with Gasteiger partial charge >= 0.3 is 0 Å². The zero-order valence-corrected chi connectivity index (χ0v) is 12.1. The summed E-state index contributed by atoms with van der Waals surface area (Å²) in [6.07, 6.45) is 5.45. The van der Waals surface area contributed by atoms with E-state index in [1.807, 2.05) is 60.9 Å². The summed E-state index contributed by atoms with van der Waals surface area (Å²) >= 11 is 0. The number of nitrogens with zero attached hydrogens (tertiary/aromatic N) is 3. The van der Waals surface area contributed by atoms with Crippen LogP contribution in [0.25, 0.3) is 44.2 Å². The highest BCUT2D eigenvalue weighted by molar-refractivity contribution is 6.05. The molecule has 0 unspecified atom stereocenters. The van der Waals surface area contributed by atoms with Gasteiger partial charge in [0, 0.05) is 40.8 Å². The van der Waals surface area contributed by atoms with E-state index in [4.69, 9.17) is 4.42 Å². The second kappa shape index (κ2) is 4.61. The van der Waals surface area contributed by atoms with Crippen LogP contribution in [0.3, 0.4) is 0 Å². The topological polar surface area (TPSA) is 51.8 Å². The van der Waals surface area contributed by atoms with Gasteiger partial charge in [0.05, 0.1) is 16.9 Å². The van der Waals surface area contributed by atoms with Gasteiger partial charge in [-0.25, -0.2) is 0 Å². The summed E-state index contributed by atoms with van der Waals surface area (Å²) in [5.74, 6) is 0. The summed E-state index contributed by atoms with van der Waals surface area (Å²) < 4.78 is 5.92. The molecule has 23 heavy (non-hydrogen) atoms. The molecule has 4 heterocycles. The number of benzene rings is 1. The molecule has 4 aromatic heterocycles. The molecule has 5 rings (SSSR count). The van der Waals surface area contributed by atoms with Crippen LogP contribution in [0.4, 0.5) is 0 Å². The molecule has 0 atom stereocenters. The van der Waals surface area contributed by atoms with E-state index < -0.39 is 0 Å². The van der Waals surface area contributed by atoms with E-state index in [9.17, 15) is 0 Å². The van der Waals surface area contributed by atoms with Crippen molar-refractivity contribution < 1.29 is 4.42 Å². The summed E-state index contributed by atoms with van der Waals surface area (Å²) in [6, 6.07) is 15.8. The van der Waals surface area contributed by atoms with Crippen LogP contribution in [0.5, 0.6) is 0 Å². The Kier molecular flexibility index (Phi) is 2.46. The van der Waals surface area contributed by atoms with Crippen LogP contribution in [0.2, 0.25) is 0 Å². The highest BCUT2D eigenvalue weighted by atomic mass is 16.3. The van der Waals surface area contributed by atoms with Gasteiger partial charge in [0.2, 0.25) is 0 Å². The first-order valence-corrected chi connectivity index (χ1v) is 7.37. The summed E-state index contributed by atoms with van der Waals surface area (Å²) in [4.78, 5) is 13.4. The minimum absolute atomic E-state index is 0.782. The number of rotatable bonds is 1.